The third-order valence-electron chi connectivity index (χ3n) is 6.69. The van der Waals surface area contributed by atoms with Crippen LogP contribution in [0.4, 0.5) is 10.2 Å². The van der Waals surface area contributed by atoms with Crippen molar-refractivity contribution in [3.05, 3.63) is 47.7 Å². The molecule has 1 aliphatic heterocycles. The molecule has 1 aliphatic carbocycles. The average Bonchev–Trinajstić information content (AvgIpc) is 3.11. The molecule has 0 radical (unpaired) electrons. The molecular formula is C24H34FN5. The summed E-state index contributed by atoms with van der Waals surface area (Å²) in [7, 11) is 0. The van der Waals surface area contributed by atoms with Crippen LogP contribution in [0.2, 0.25) is 0 Å². The summed E-state index contributed by atoms with van der Waals surface area (Å²) in [5.74, 6) is 1.88. The molecule has 2 aliphatic rings. The molecule has 0 amide bonds. The molecule has 0 spiro atoms. The molecular weight excluding hydrogens is 377 g/mol. The topological polar surface area (TPSA) is 59.1 Å². The van der Waals surface area contributed by atoms with Crippen molar-refractivity contribution in [3.63, 3.8) is 0 Å². The van der Waals surface area contributed by atoms with Gasteiger partial charge in [0, 0.05) is 36.9 Å². The predicted molar refractivity (Wildman–Crippen MR) is 121 cm³/mol. The second-order valence-corrected chi connectivity index (χ2v) is 8.97. The Labute approximate surface area is 179 Å². The number of nitrogens with one attached hydrogen (secondary N) is 1. The molecule has 2 heterocycles. The fourth-order valence-electron chi connectivity index (χ4n) is 5.02. The Morgan fingerprint density at radius 1 is 1.20 bits per heavy atom. The highest BCUT2D eigenvalue weighted by molar-refractivity contribution is 5.73. The van der Waals surface area contributed by atoms with Gasteiger partial charge in [-0.25, -0.2) is 9.37 Å². The van der Waals surface area contributed by atoms with E-state index in [1.165, 1.54) is 44.2 Å². The molecule has 3 N–H and O–H groups in total. The lowest BCUT2D eigenvalue weighted by molar-refractivity contribution is 0.117. The van der Waals surface area contributed by atoms with Crippen LogP contribution in [-0.4, -0.2) is 33.6 Å². The zero-order chi connectivity index (χ0) is 21.3. The highest BCUT2D eigenvalue weighted by atomic mass is 19.1. The SMILES string of the molecule is C/C=C(/CN)N1CCn2c(nc(-c3ccc(F)cc3)c2NC2CCCCC2)C1(C)C. The molecule has 0 saturated heterocycles. The number of benzene rings is 1. The molecule has 1 aromatic heterocycles. The zero-order valence-corrected chi connectivity index (χ0v) is 18.4. The van der Waals surface area contributed by atoms with Crippen LogP contribution in [-0.2, 0) is 12.1 Å². The number of rotatable bonds is 5. The number of nitrogens with zero attached hydrogens (tertiary/aromatic N) is 3. The molecule has 1 aromatic carbocycles. The summed E-state index contributed by atoms with van der Waals surface area (Å²) >= 11 is 0. The molecule has 1 saturated carbocycles. The van der Waals surface area contributed by atoms with Gasteiger partial charge in [-0.3, -0.25) is 0 Å². The van der Waals surface area contributed by atoms with Gasteiger partial charge in [0.25, 0.3) is 0 Å². The molecule has 0 bridgehead atoms. The van der Waals surface area contributed by atoms with E-state index < -0.39 is 0 Å². The lowest BCUT2D eigenvalue weighted by Crippen LogP contribution is -2.49. The zero-order valence-electron chi connectivity index (χ0n) is 18.4. The molecule has 162 valence electrons. The van der Waals surface area contributed by atoms with Crippen molar-refractivity contribution < 1.29 is 4.39 Å². The van der Waals surface area contributed by atoms with E-state index in [1.807, 2.05) is 19.1 Å². The van der Waals surface area contributed by atoms with E-state index in [-0.39, 0.29) is 11.4 Å². The summed E-state index contributed by atoms with van der Waals surface area (Å²) in [6, 6.07) is 7.16. The lowest BCUT2D eigenvalue weighted by Gasteiger charge is -2.45. The van der Waals surface area contributed by atoms with Crippen LogP contribution in [0.15, 0.2) is 36.0 Å². The van der Waals surface area contributed by atoms with E-state index in [0.717, 1.165) is 41.7 Å². The molecule has 4 rings (SSSR count). The fourth-order valence-corrected chi connectivity index (χ4v) is 5.02. The van der Waals surface area contributed by atoms with Gasteiger partial charge in [-0.2, -0.15) is 0 Å². The maximum absolute atomic E-state index is 13.6. The number of fused-ring (bicyclic) bond motifs is 1. The van der Waals surface area contributed by atoms with Crippen LogP contribution in [0.5, 0.6) is 0 Å². The number of hydrogen-bond donors (Lipinski definition) is 2. The lowest BCUT2D eigenvalue weighted by atomic mass is 9.95. The molecule has 0 unspecified atom stereocenters. The van der Waals surface area contributed by atoms with Crippen molar-refractivity contribution in [2.75, 3.05) is 18.4 Å². The van der Waals surface area contributed by atoms with Gasteiger partial charge in [-0.1, -0.05) is 25.3 Å². The Balaban J connectivity index is 1.80. The van der Waals surface area contributed by atoms with Crippen LogP contribution >= 0.6 is 0 Å². The first-order valence-corrected chi connectivity index (χ1v) is 11.2. The Kier molecular flexibility index (Phi) is 5.87. The van der Waals surface area contributed by atoms with Gasteiger partial charge in [0.2, 0.25) is 0 Å². The number of hydrogen-bond acceptors (Lipinski definition) is 4. The smallest absolute Gasteiger partial charge is 0.136 e. The summed E-state index contributed by atoms with van der Waals surface area (Å²) in [5.41, 5.74) is 8.75. The Bertz CT molecular complexity index is 906. The summed E-state index contributed by atoms with van der Waals surface area (Å²) in [5, 5.41) is 3.83. The minimum Gasteiger partial charge on any atom is -0.367 e. The minimum atomic E-state index is -0.291. The van der Waals surface area contributed by atoms with Gasteiger partial charge >= 0.3 is 0 Å². The van der Waals surface area contributed by atoms with E-state index >= 15 is 0 Å². The van der Waals surface area contributed by atoms with E-state index in [4.69, 9.17) is 10.7 Å². The second kappa shape index (κ2) is 8.42. The fraction of sp³-hybridized carbons (Fsp3) is 0.542. The maximum Gasteiger partial charge on any atom is 0.136 e. The largest absolute Gasteiger partial charge is 0.367 e. The van der Waals surface area contributed by atoms with Crippen molar-refractivity contribution in [2.24, 2.45) is 5.73 Å². The first-order chi connectivity index (χ1) is 14.5. The van der Waals surface area contributed by atoms with Crippen LogP contribution in [0.1, 0.15) is 58.7 Å². The minimum absolute atomic E-state index is 0.225. The predicted octanol–water partition coefficient (Wildman–Crippen LogP) is 4.85. The summed E-state index contributed by atoms with van der Waals surface area (Å²) in [4.78, 5) is 7.51. The average molecular weight is 412 g/mol. The van der Waals surface area contributed by atoms with E-state index in [2.05, 4.69) is 34.7 Å². The van der Waals surface area contributed by atoms with Gasteiger partial charge in [0.15, 0.2) is 0 Å². The second-order valence-electron chi connectivity index (χ2n) is 8.97. The van der Waals surface area contributed by atoms with Crippen LogP contribution in [0, 0.1) is 5.82 Å². The molecule has 2 aromatic rings. The van der Waals surface area contributed by atoms with E-state index in [0.29, 0.717) is 12.6 Å². The molecule has 6 heteroatoms. The number of aromatic nitrogens is 2. The van der Waals surface area contributed by atoms with Gasteiger partial charge < -0.3 is 20.5 Å². The summed E-state index contributed by atoms with van der Waals surface area (Å²) < 4.78 is 15.9. The van der Waals surface area contributed by atoms with Gasteiger partial charge in [-0.15, -0.1) is 0 Å². The number of allylic oxidation sites excluding steroid dienone is 1. The van der Waals surface area contributed by atoms with Crippen molar-refractivity contribution >= 4 is 5.82 Å². The van der Waals surface area contributed by atoms with Crippen LogP contribution < -0.4 is 11.1 Å². The highest BCUT2D eigenvalue weighted by Crippen LogP contribution is 2.40. The number of nitrogens with two attached hydrogens (primary N) is 1. The Morgan fingerprint density at radius 3 is 2.53 bits per heavy atom. The van der Waals surface area contributed by atoms with Gasteiger partial charge in [0.05, 0.1) is 5.54 Å². The molecule has 5 nitrogen and oxygen atoms in total. The van der Waals surface area contributed by atoms with Crippen molar-refractivity contribution in [1.82, 2.24) is 14.5 Å². The number of anilines is 1. The van der Waals surface area contributed by atoms with Gasteiger partial charge in [-0.05, 0) is 57.9 Å². The van der Waals surface area contributed by atoms with Crippen LogP contribution in [0.3, 0.4) is 0 Å². The van der Waals surface area contributed by atoms with Crippen molar-refractivity contribution in [1.29, 1.82) is 0 Å². The summed E-state index contributed by atoms with van der Waals surface area (Å²) in [6.07, 6.45) is 8.34. The molecule has 30 heavy (non-hydrogen) atoms. The first-order valence-electron chi connectivity index (χ1n) is 11.2. The normalized spacial score (nSPS) is 19.6. The standard InChI is InChI=1S/C24H34FN5/c1-4-20(16-26)30-15-14-29-22(27-19-8-6-5-7-9-19)21(28-23(29)24(30,2)3)17-10-12-18(25)13-11-17/h4,10-13,19,27H,5-9,14-16,26H2,1-3H3/b20-4-. The van der Waals surface area contributed by atoms with Crippen molar-refractivity contribution in [2.45, 2.75) is 71.0 Å². The summed E-state index contributed by atoms with van der Waals surface area (Å²) in [6.45, 7) is 8.71. The third kappa shape index (κ3) is 3.73. The molecule has 0 atom stereocenters. The van der Waals surface area contributed by atoms with E-state index in [9.17, 15) is 4.39 Å². The Morgan fingerprint density at radius 2 is 1.90 bits per heavy atom. The monoisotopic (exact) mass is 411 g/mol. The number of imidazole rings is 1. The Hall–Kier alpha value is -2.34. The number of halogens is 1. The third-order valence-corrected chi connectivity index (χ3v) is 6.69. The van der Waals surface area contributed by atoms with Gasteiger partial charge in [0.1, 0.15) is 23.2 Å². The van der Waals surface area contributed by atoms with Crippen molar-refractivity contribution in [3.8, 4) is 11.3 Å². The quantitative estimate of drug-likeness (QED) is 0.739. The first kappa shape index (κ1) is 20.9. The highest BCUT2D eigenvalue weighted by Gasteiger charge is 2.39. The maximum atomic E-state index is 13.6. The van der Waals surface area contributed by atoms with E-state index in [1.54, 1.807) is 0 Å². The molecule has 1 fully saturated rings. The van der Waals surface area contributed by atoms with Crippen LogP contribution in [0.25, 0.3) is 11.3 Å².